The van der Waals surface area contributed by atoms with E-state index in [4.69, 9.17) is 0 Å². The molecule has 2 aromatic carbocycles. The highest BCUT2D eigenvalue weighted by atomic mass is 16.6. The van der Waals surface area contributed by atoms with Crippen LogP contribution >= 0.6 is 0 Å². The average Bonchev–Trinajstić information content (AvgIpc) is 2.68. The number of rotatable bonds is 6. The molecule has 0 aliphatic rings. The predicted molar refractivity (Wildman–Crippen MR) is 102 cm³/mol. The number of nitro groups is 1. The van der Waals surface area contributed by atoms with Crippen LogP contribution in [-0.4, -0.2) is 21.9 Å². The maximum atomic E-state index is 11.8. The molecule has 0 radical (unpaired) electrons. The Morgan fingerprint density at radius 1 is 1.04 bits per heavy atom. The monoisotopic (exact) mass is 349 g/mol. The zero-order valence-electron chi connectivity index (χ0n) is 14.5. The Kier molecular flexibility index (Phi) is 5.07. The molecule has 0 saturated heterocycles. The van der Waals surface area contributed by atoms with E-state index in [1.54, 1.807) is 11.9 Å². The number of nitrogens with zero attached hydrogens (tertiary/aromatic N) is 4. The largest absolute Gasteiger partial charge is 0.358 e. The summed E-state index contributed by atoms with van der Waals surface area (Å²) in [5.74, 6) is 0.429. The van der Waals surface area contributed by atoms with Gasteiger partial charge in [-0.05, 0) is 24.6 Å². The summed E-state index contributed by atoms with van der Waals surface area (Å²) in [5.41, 5.74) is 1.66. The van der Waals surface area contributed by atoms with E-state index in [0.717, 1.165) is 11.3 Å². The van der Waals surface area contributed by atoms with Crippen molar-refractivity contribution in [2.24, 2.45) is 0 Å². The summed E-state index contributed by atoms with van der Waals surface area (Å²) in [7, 11) is 1.75. The van der Waals surface area contributed by atoms with Crippen molar-refractivity contribution in [3.05, 3.63) is 82.7 Å². The van der Waals surface area contributed by atoms with Crippen LogP contribution in [0.25, 0.3) is 0 Å². The fourth-order valence-corrected chi connectivity index (χ4v) is 2.69. The summed E-state index contributed by atoms with van der Waals surface area (Å²) in [6.45, 7) is 1.93. The van der Waals surface area contributed by atoms with Crippen LogP contribution in [0.4, 0.5) is 23.0 Å². The van der Waals surface area contributed by atoms with Gasteiger partial charge >= 0.3 is 5.69 Å². The van der Waals surface area contributed by atoms with Gasteiger partial charge in [-0.25, -0.2) is 9.97 Å². The number of benzene rings is 2. The Bertz CT molecular complexity index is 887. The molecular formula is C19H19N5O2. The van der Waals surface area contributed by atoms with Gasteiger partial charge in [-0.15, -0.1) is 0 Å². The van der Waals surface area contributed by atoms with E-state index in [2.05, 4.69) is 15.3 Å². The molecule has 1 unspecified atom stereocenters. The molecule has 0 aliphatic heterocycles. The maximum Gasteiger partial charge on any atom is 0.353 e. The molecule has 0 bridgehead atoms. The maximum absolute atomic E-state index is 11.8. The standard InChI is InChI=1S/C19H19N5O2/c1-14(15-9-5-3-6-10-15)22-18-17(24(25)26)19(21-13-20-18)23(2)16-11-7-4-8-12-16/h3-14H,1-2H3,(H,20,21,22). The average molecular weight is 349 g/mol. The first-order valence-electron chi connectivity index (χ1n) is 8.17. The molecule has 1 aromatic heterocycles. The van der Waals surface area contributed by atoms with Gasteiger partial charge < -0.3 is 10.2 Å². The first kappa shape index (κ1) is 17.3. The molecule has 1 N–H and O–H groups in total. The number of hydrogen-bond acceptors (Lipinski definition) is 6. The Morgan fingerprint density at radius 2 is 1.65 bits per heavy atom. The summed E-state index contributed by atoms with van der Waals surface area (Å²) in [5, 5.41) is 14.9. The lowest BCUT2D eigenvalue weighted by Gasteiger charge is -2.20. The Hall–Kier alpha value is -3.48. The lowest BCUT2D eigenvalue weighted by molar-refractivity contribution is -0.383. The molecule has 7 heteroatoms. The van der Waals surface area contributed by atoms with Gasteiger partial charge in [0.15, 0.2) is 0 Å². The number of para-hydroxylation sites is 1. The first-order valence-corrected chi connectivity index (χ1v) is 8.17. The van der Waals surface area contributed by atoms with Crippen molar-refractivity contribution in [2.75, 3.05) is 17.3 Å². The molecule has 3 aromatic rings. The number of nitrogens with one attached hydrogen (secondary N) is 1. The second-order valence-electron chi connectivity index (χ2n) is 5.82. The third-order valence-corrected chi connectivity index (χ3v) is 4.10. The quantitative estimate of drug-likeness (QED) is 0.527. The molecule has 0 spiro atoms. The zero-order valence-corrected chi connectivity index (χ0v) is 14.5. The van der Waals surface area contributed by atoms with Crippen LogP contribution in [0.3, 0.4) is 0 Å². The van der Waals surface area contributed by atoms with Gasteiger partial charge in [0.05, 0.1) is 11.0 Å². The molecule has 0 amide bonds. The van der Waals surface area contributed by atoms with Crippen molar-refractivity contribution in [3.63, 3.8) is 0 Å². The summed E-state index contributed by atoms with van der Waals surface area (Å²) in [4.78, 5) is 21.2. The number of hydrogen-bond donors (Lipinski definition) is 1. The van der Waals surface area contributed by atoms with Crippen LogP contribution in [0.2, 0.25) is 0 Å². The fourth-order valence-electron chi connectivity index (χ4n) is 2.69. The first-order chi connectivity index (χ1) is 12.6. The molecule has 3 rings (SSSR count). The molecule has 1 heterocycles. The van der Waals surface area contributed by atoms with Gasteiger partial charge in [-0.1, -0.05) is 48.5 Å². The molecule has 0 fully saturated rings. The van der Waals surface area contributed by atoms with Crippen LogP contribution < -0.4 is 10.2 Å². The van der Waals surface area contributed by atoms with Crippen molar-refractivity contribution in [3.8, 4) is 0 Å². The van der Waals surface area contributed by atoms with E-state index in [-0.39, 0.29) is 23.4 Å². The fraction of sp³-hybridized carbons (Fsp3) is 0.158. The van der Waals surface area contributed by atoms with Crippen LogP contribution in [0.5, 0.6) is 0 Å². The molecule has 26 heavy (non-hydrogen) atoms. The SMILES string of the molecule is CC(Nc1ncnc(N(C)c2ccccc2)c1[N+](=O)[O-])c1ccccc1. The van der Waals surface area contributed by atoms with Gasteiger partial charge in [0, 0.05) is 12.7 Å². The minimum atomic E-state index is -0.450. The van der Waals surface area contributed by atoms with Crippen molar-refractivity contribution in [1.29, 1.82) is 0 Å². The predicted octanol–water partition coefficient (Wildman–Crippen LogP) is 4.33. The number of anilines is 3. The van der Waals surface area contributed by atoms with Crippen molar-refractivity contribution in [1.82, 2.24) is 9.97 Å². The minimum Gasteiger partial charge on any atom is -0.358 e. The van der Waals surface area contributed by atoms with Gasteiger partial charge in [0.2, 0.25) is 11.6 Å². The summed E-state index contributed by atoms with van der Waals surface area (Å²) < 4.78 is 0. The summed E-state index contributed by atoms with van der Waals surface area (Å²) >= 11 is 0. The van der Waals surface area contributed by atoms with E-state index in [0.29, 0.717) is 0 Å². The van der Waals surface area contributed by atoms with Crippen LogP contribution in [-0.2, 0) is 0 Å². The topological polar surface area (TPSA) is 84.2 Å². The molecule has 132 valence electrons. The van der Waals surface area contributed by atoms with Crippen LogP contribution in [0.1, 0.15) is 18.5 Å². The smallest absolute Gasteiger partial charge is 0.353 e. The van der Waals surface area contributed by atoms with Crippen molar-refractivity contribution >= 4 is 23.0 Å². The van der Waals surface area contributed by atoms with Gasteiger partial charge in [-0.3, -0.25) is 10.1 Å². The highest BCUT2D eigenvalue weighted by Gasteiger charge is 2.27. The minimum absolute atomic E-state index is 0.139. The third kappa shape index (κ3) is 3.61. The highest BCUT2D eigenvalue weighted by molar-refractivity contribution is 5.75. The Labute approximate surface area is 151 Å². The molecule has 0 saturated carbocycles. The van der Waals surface area contributed by atoms with Crippen LogP contribution in [0, 0.1) is 10.1 Å². The lowest BCUT2D eigenvalue weighted by atomic mass is 10.1. The lowest BCUT2D eigenvalue weighted by Crippen LogP contribution is -2.16. The van der Waals surface area contributed by atoms with E-state index < -0.39 is 4.92 Å². The third-order valence-electron chi connectivity index (χ3n) is 4.10. The Morgan fingerprint density at radius 3 is 2.27 bits per heavy atom. The second-order valence-corrected chi connectivity index (χ2v) is 5.82. The Balaban J connectivity index is 1.98. The summed E-state index contributed by atoms with van der Waals surface area (Å²) in [6, 6.07) is 18.9. The van der Waals surface area contributed by atoms with Gasteiger partial charge in [0.1, 0.15) is 6.33 Å². The van der Waals surface area contributed by atoms with Gasteiger partial charge in [0.25, 0.3) is 0 Å². The van der Waals surface area contributed by atoms with Crippen molar-refractivity contribution in [2.45, 2.75) is 13.0 Å². The zero-order chi connectivity index (χ0) is 18.5. The normalized spacial score (nSPS) is 11.6. The molecule has 1 atom stereocenters. The molecule has 7 nitrogen and oxygen atoms in total. The number of aromatic nitrogens is 2. The van der Waals surface area contributed by atoms with Crippen LogP contribution in [0.15, 0.2) is 67.0 Å². The van der Waals surface area contributed by atoms with E-state index >= 15 is 0 Å². The van der Waals surface area contributed by atoms with E-state index in [1.165, 1.54) is 6.33 Å². The highest BCUT2D eigenvalue weighted by Crippen LogP contribution is 2.36. The second kappa shape index (κ2) is 7.60. The molecular weight excluding hydrogens is 330 g/mol. The summed E-state index contributed by atoms with van der Waals surface area (Å²) in [6.07, 6.45) is 1.34. The van der Waals surface area contributed by atoms with Gasteiger partial charge in [-0.2, -0.15) is 0 Å². The van der Waals surface area contributed by atoms with Crippen molar-refractivity contribution < 1.29 is 4.92 Å². The van der Waals surface area contributed by atoms with E-state index in [9.17, 15) is 10.1 Å². The van der Waals surface area contributed by atoms with E-state index in [1.807, 2.05) is 67.6 Å². The molecule has 0 aliphatic carbocycles.